The van der Waals surface area contributed by atoms with Crippen LogP contribution < -0.4 is 10.6 Å². The van der Waals surface area contributed by atoms with Crippen LogP contribution in [0.25, 0.3) is 0 Å². The topological polar surface area (TPSA) is 71.1 Å². The molecule has 0 saturated carbocycles. The van der Waals surface area contributed by atoms with Crippen LogP contribution >= 0.6 is 0 Å². The summed E-state index contributed by atoms with van der Waals surface area (Å²) in [5, 5.41) is 5.84. The molecule has 0 aromatic carbocycles. The molecule has 19 heavy (non-hydrogen) atoms. The lowest BCUT2D eigenvalue weighted by molar-refractivity contribution is 0.0954. The number of amides is 1. The fourth-order valence-corrected chi connectivity index (χ4v) is 1.66. The molecule has 1 amide bonds. The molecule has 0 radical (unpaired) electrons. The summed E-state index contributed by atoms with van der Waals surface area (Å²) >= 11 is 0. The highest BCUT2D eigenvalue weighted by Crippen LogP contribution is 2.05. The number of nitrogens with zero attached hydrogens (tertiary/aromatic N) is 1. The second-order valence-electron chi connectivity index (χ2n) is 4.38. The van der Waals surface area contributed by atoms with Gasteiger partial charge in [0.25, 0.3) is 5.91 Å². The number of hydrogen-bond donors (Lipinski definition) is 2. The van der Waals surface area contributed by atoms with Crippen molar-refractivity contribution in [3.05, 3.63) is 23.9 Å². The van der Waals surface area contributed by atoms with Gasteiger partial charge < -0.3 is 10.6 Å². The van der Waals surface area contributed by atoms with Gasteiger partial charge in [0.2, 0.25) is 0 Å². The number of carbonyl (C=O) groups is 1. The summed E-state index contributed by atoms with van der Waals surface area (Å²) in [6.07, 6.45) is 4.20. The Balaban J connectivity index is 2.51. The van der Waals surface area contributed by atoms with Gasteiger partial charge in [0.15, 0.2) is 0 Å². The standard InChI is InChI=1S/C13H21N3O2S/c1-4-7-14-12-6-5-11(9-15-12)13(17)16-8-10(2)19(3)18/h5-6,9-10H,4,7-8H2,1-3H3,(H,14,15)(H,16,17). The van der Waals surface area contributed by atoms with Crippen LogP contribution in [0.15, 0.2) is 18.3 Å². The predicted octanol–water partition coefficient (Wildman–Crippen LogP) is 1.40. The highest BCUT2D eigenvalue weighted by atomic mass is 32.2. The second kappa shape index (κ2) is 7.89. The molecule has 2 atom stereocenters. The number of nitrogens with one attached hydrogen (secondary N) is 2. The number of hydrogen-bond acceptors (Lipinski definition) is 4. The van der Waals surface area contributed by atoms with E-state index in [1.54, 1.807) is 24.6 Å². The van der Waals surface area contributed by atoms with Gasteiger partial charge in [0.05, 0.1) is 5.56 Å². The first kappa shape index (κ1) is 15.6. The molecule has 5 nitrogen and oxygen atoms in total. The van der Waals surface area contributed by atoms with Crippen molar-refractivity contribution in [3.8, 4) is 0 Å². The van der Waals surface area contributed by atoms with Crippen LogP contribution in [-0.2, 0) is 10.8 Å². The molecule has 0 aliphatic heterocycles. The monoisotopic (exact) mass is 283 g/mol. The molecule has 1 aromatic rings. The van der Waals surface area contributed by atoms with Crippen LogP contribution in [0.1, 0.15) is 30.6 Å². The van der Waals surface area contributed by atoms with Crippen LogP contribution in [-0.4, -0.2) is 39.7 Å². The van der Waals surface area contributed by atoms with E-state index < -0.39 is 10.8 Å². The van der Waals surface area contributed by atoms with Gasteiger partial charge in [-0.15, -0.1) is 0 Å². The van der Waals surface area contributed by atoms with E-state index in [-0.39, 0.29) is 11.2 Å². The average Bonchev–Trinajstić information content (AvgIpc) is 2.42. The summed E-state index contributed by atoms with van der Waals surface area (Å²) in [6, 6.07) is 3.51. The Morgan fingerprint density at radius 1 is 1.47 bits per heavy atom. The third-order valence-electron chi connectivity index (χ3n) is 2.70. The number of rotatable bonds is 7. The van der Waals surface area contributed by atoms with Crippen LogP contribution in [0.3, 0.4) is 0 Å². The molecule has 2 N–H and O–H groups in total. The van der Waals surface area contributed by atoms with Gasteiger partial charge in [-0.25, -0.2) is 4.98 Å². The molecule has 0 aliphatic rings. The quantitative estimate of drug-likeness (QED) is 0.793. The fourth-order valence-electron chi connectivity index (χ4n) is 1.34. The Bertz CT molecular complexity index is 434. The summed E-state index contributed by atoms with van der Waals surface area (Å²) < 4.78 is 11.2. The second-order valence-corrected chi connectivity index (χ2v) is 6.18. The minimum atomic E-state index is -0.931. The molecule has 1 heterocycles. The zero-order chi connectivity index (χ0) is 14.3. The molecule has 0 bridgehead atoms. The molecule has 106 valence electrons. The van der Waals surface area contributed by atoms with Crippen LogP contribution in [0.4, 0.5) is 5.82 Å². The van der Waals surface area contributed by atoms with Crippen molar-refractivity contribution in [1.82, 2.24) is 10.3 Å². The maximum absolute atomic E-state index is 11.8. The zero-order valence-electron chi connectivity index (χ0n) is 11.6. The fraction of sp³-hybridized carbons (Fsp3) is 0.538. The van der Waals surface area contributed by atoms with Crippen molar-refractivity contribution in [2.24, 2.45) is 0 Å². The molecule has 6 heteroatoms. The number of aromatic nitrogens is 1. The maximum atomic E-state index is 11.8. The van der Waals surface area contributed by atoms with E-state index in [0.29, 0.717) is 12.1 Å². The Hall–Kier alpha value is -1.43. The predicted molar refractivity (Wildman–Crippen MR) is 78.9 cm³/mol. The van der Waals surface area contributed by atoms with Gasteiger partial charge in [0.1, 0.15) is 5.82 Å². The lowest BCUT2D eigenvalue weighted by atomic mass is 10.2. The van der Waals surface area contributed by atoms with Crippen molar-refractivity contribution in [1.29, 1.82) is 0 Å². The minimum absolute atomic E-state index is 0.0533. The van der Waals surface area contributed by atoms with Gasteiger partial charge in [-0.1, -0.05) is 6.92 Å². The summed E-state index contributed by atoms with van der Waals surface area (Å²) in [6.45, 7) is 5.18. The normalized spacial score (nSPS) is 13.6. The van der Waals surface area contributed by atoms with Gasteiger partial charge in [-0.05, 0) is 25.5 Å². The van der Waals surface area contributed by atoms with Crippen molar-refractivity contribution in [3.63, 3.8) is 0 Å². The highest BCUT2D eigenvalue weighted by Gasteiger charge is 2.10. The maximum Gasteiger partial charge on any atom is 0.252 e. The molecule has 1 aromatic heterocycles. The summed E-state index contributed by atoms with van der Waals surface area (Å²) in [5.74, 6) is 0.577. The first-order valence-electron chi connectivity index (χ1n) is 6.35. The molecule has 0 fully saturated rings. The molecule has 2 unspecified atom stereocenters. The molecule has 0 saturated heterocycles. The smallest absolute Gasteiger partial charge is 0.252 e. The lowest BCUT2D eigenvalue weighted by Crippen LogP contribution is -2.32. The number of anilines is 1. The zero-order valence-corrected chi connectivity index (χ0v) is 12.4. The Morgan fingerprint density at radius 3 is 2.74 bits per heavy atom. The van der Waals surface area contributed by atoms with E-state index in [0.717, 1.165) is 18.8 Å². The Labute approximate surface area is 116 Å². The molecule has 0 aliphatic carbocycles. The average molecular weight is 283 g/mol. The minimum Gasteiger partial charge on any atom is -0.370 e. The van der Waals surface area contributed by atoms with Crippen molar-refractivity contribution in [2.45, 2.75) is 25.5 Å². The highest BCUT2D eigenvalue weighted by molar-refractivity contribution is 7.84. The summed E-state index contributed by atoms with van der Waals surface area (Å²) in [4.78, 5) is 16.0. The number of pyridine rings is 1. The van der Waals surface area contributed by atoms with Crippen molar-refractivity contribution in [2.75, 3.05) is 24.7 Å². The van der Waals surface area contributed by atoms with Gasteiger partial charge in [0, 0.05) is 41.6 Å². The van der Waals surface area contributed by atoms with Crippen LogP contribution in [0.5, 0.6) is 0 Å². The van der Waals surface area contributed by atoms with E-state index >= 15 is 0 Å². The number of carbonyl (C=O) groups excluding carboxylic acids is 1. The van der Waals surface area contributed by atoms with Crippen molar-refractivity contribution < 1.29 is 9.00 Å². The van der Waals surface area contributed by atoms with E-state index in [2.05, 4.69) is 22.5 Å². The summed E-state index contributed by atoms with van der Waals surface area (Å²) in [7, 11) is -0.931. The third-order valence-corrected chi connectivity index (χ3v) is 4.00. The Kier molecular flexibility index (Phi) is 6.49. The van der Waals surface area contributed by atoms with Gasteiger partial charge in [-0.3, -0.25) is 9.00 Å². The molecular weight excluding hydrogens is 262 g/mol. The first-order valence-corrected chi connectivity index (χ1v) is 7.97. The SMILES string of the molecule is CCCNc1ccc(C(=O)NCC(C)S(C)=O)cn1. The van der Waals surface area contributed by atoms with Crippen LogP contribution in [0.2, 0.25) is 0 Å². The van der Waals surface area contributed by atoms with Crippen molar-refractivity contribution >= 4 is 22.5 Å². The first-order chi connectivity index (χ1) is 9.04. The van der Waals surface area contributed by atoms with E-state index in [4.69, 9.17) is 0 Å². The van der Waals surface area contributed by atoms with Gasteiger partial charge in [-0.2, -0.15) is 0 Å². The van der Waals surface area contributed by atoms with Gasteiger partial charge >= 0.3 is 0 Å². The molecular formula is C13H21N3O2S. The van der Waals surface area contributed by atoms with E-state index in [9.17, 15) is 9.00 Å². The van der Waals surface area contributed by atoms with Crippen LogP contribution in [0, 0.1) is 0 Å². The van der Waals surface area contributed by atoms with E-state index in [1.165, 1.54) is 0 Å². The lowest BCUT2D eigenvalue weighted by Gasteiger charge is -2.10. The largest absolute Gasteiger partial charge is 0.370 e. The third kappa shape index (κ3) is 5.38. The Morgan fingerprint density at radius 2 is 2.21 bits per heavy atom. The van der Waals surface area contributed by atoms with E-state index in [1.807, 2.05) is 6.92 Å². The summed E-state index contributed by atoms with van der Waals surface area (Å²) in [5.41, 5.74) is 0.510. The molecule has 1 rings (SSSR count). The molecule has 0 spiro atoms.